The van der Waals surface area contributed by atoms with Crippen molar-refractivity contribution in [1.29, 1.82) is 0 Å². The van der Waals surface area contributed by atoms with Crippen LogP contribution >= 0.6 is 0 Å². The number of hydrogen-bond donors (Lipinski definition) is 0. The van der Waals surface area contributed by atoms with Gasteiger partial charge in [-0.15, -0.1) is 0 Å². The number of halogens is 1. The maximum atomic E-state index is 13.0. The smallest absolute Gasteiger partial charge is 0.333 e. The first-order valence-corrected chi connectivity index (χ1v) is 7.27. The summed E-state index contributed by atoms with van der Waals surface area (Å²) in [6.07, 6.45) is 1.32. The highest BCUT2D eigenvalue weighted by atomic mass is 19.1. The van der Waals surface area contributed by atoms with Gasteiger partial charge in [-0.2, -0.15) is 0 Å². The zero-order valence-corrected chi connectivity index (χ0v) is 12.4. The largest absolute Gasteiger partial charge is 0.458 e. The van der Waals surface area contributed by atoms with E-state index in [1.807, 2.05) is 6.07 Å². The van der Waals surface area contributed by atoms with E-state index in [1.54, 1.807) is 19.1 Å². The van der Waals surface area contributed by atoms with Gasteiger partial charge in [0.25, 0.3) is 0 Å². The van der Waals surface area contributed by atoms with Crippen LogP contribution in [0.3, 0.4) is 0 Å². The molecule has 2 nitrogen and oxygen atoms in total. The van der Waals surface area contributed by atoms with Crippen LogP contribution in [0.15, 0.2) is 54.6 Å². The Kier molecular flexibility index (Phi) is 3.80. The Balaban J connectivity index is 1.78. The van der Waals surface area contributed by atoms with Gasteiger partial charge in [-0.3, -0.25) is 0 Å². The normalized spacial score (nSPS) is 16.2. The van der Waals surface area contributed by atoms with Gasteiger partial charge in [-0.25, -0.2) is 9.18 Å². The van der Waals surface area contributed by atoms with Crippen molar-refractivity contribution < 1.29 is 13.9 Å². The van der Waals surface area contributed by atoms with E-state index in [1.165, 1.54) is 23.3 Å². The van der Waals surface area contributed by atoms with Crippen LogP contribution in [0.2, 0.25) is 0 Å². The van der Waals surface area contributed by atoms with Crippen molar-refractivity contribution in [3.8, 4) is 11.1 Å². The molecule has 2 aromatic carbocycles. The van der Waals surface area contributed by atoms with E-state index >= 15 is 0 Å². The van der Waals surface area contributed by atoms with Crippen molar-refractivity contribution >= 4 is 5.97 Å². The molecule has 3 heteroatoms. The van der Waals surface area contributed by atoms with Crippen molar-refractivity contribution in [1.82, 2.24) is 0 Å². The van der Waals surface area contributed by atoms with E-state index in [0.717, 1.165) is 17.5 Å². The van der Waals surface area contributed by atoms with Gasteiger partial charge in [-0.05, 0) is 41.3 Å². The van der Waals surface area contributed by atoms with Gasteiger partial charge >= 0.3 is 5.97 Å². The molecule has 0 saturated heterocycles. The molecule has 0 amide bonds. The number of rotatable bonds is 3. The summed E-state index contributed by atoms with van der Waals surface area (Å²) in [5.41, 5.74) is 4.83. The summed E-state index contributed by atoms with van der Waals surface area (Å²) in [4.78, 5) is 11.6. The van der Waals surface area contributed by atoms with E-state index in [9.17, 15) is 9.18 Å². The first kappa shape index (κ1) is 14.5. The molecule has 0 N–H and O–H groups in total. The second-order valence-corrected chi connectivity index (χ2v) is 5.71. The molecule has 0 radical (unpaired) electrons. The molecule has 3 rings (SSSR count). The molecular weight excluding hydrogens is 279 g/mol. The lowest BCUT2D eigenvalue weighted by Gasteiger charge is -2.10. The lowest BCUT2D eigenvalue weighted by Crippen LogP contribution is -2.18. The minimum Gasteiger partial charge on any atom is -0.458 e. The molecule has 0 spiro atoms. The Morgan fingerprint density at radius 3 is 2.41 bits per heavy atom. The maximum absolute atomic E-state index is 13.0. The van der Waals surface area contributed by atoms with Gasteiger partial charge in [0, 0.05) is 18.4 Å². The third kappa shape index (κ3) is 2.93. The molecule has 1 unspecified atom stereocenters. The standard InChI is InChI=1S/C19H17FO2/c1-12(2)19(21)22-18-10-15-4-3-14(9-16(15)11-18)13-5-7-17(20)8-6-13/h3-9,18H,1,10-11H2,2H3. The fourth-order valence-electron chi connectivity index (χ4n) is 2.74. The highest BCUT2D eigenvalue weighted by Gasteiger charge is 2.25. The van der Waals surface area contributed by atoms with Crippen LogP contribution in [0.5, 0.6) is 0 Å². The number of esters is 1. The molecule has 0 heterocycles. The maximum Gasteiger partial charge on any atom is 0.333 e. The predicted molar refractivity (Wildman–Crippen MR) is 83.9 cm³/mol. The fraction of sp³-hybridized carbons (Fsp3) is 0.211. The van der Waals surface area contributed by atoms with Crippen molar-refractivity contribution in [2.45, 2.75) is 25.9 Å². The third-order valence-corrected chi connectivity index (χ3v) is 3.90. The third-order valence-electron chi connectivity index (χ3n) is 3.90. The predicted octanol–water partition coefficient (Wildman–Crippen LogP) is 4.08. The molecular formula is C19H17FO2. The zero-order valence-electron chi connectivity index (χ0n) is 12.4. The van der Waals surface area contributed by atoms with Crippen LogP contribution in [-0.2, 0) is 22.4 Å². The van der Waals surface area contributed by atoms with Crippen LogP contribution in [0, 0.1) is 5.82 Å². The van der Waals surface area contributed by atoms with Crippen LogP contribution in [-0.4, -0.2) is 12.1 Å². The molecule has 0 fully saturated rings. The Hall–Kier alpha value is -2.42. The quantitative estimate of drug-likeness (QED) is 0.630. The molecule has 0 saturated carbocycles. The summed E-state index contributed by atoms with van der Waals surface area (Å²) < 4.78 is 18.4. The summed E-state index contributed by atoms with van der Waals surface area (Å²) in [5, 5.41) is 0. The zero-order chi connectivity index (χ0) is 15.7. The van der Waals surface area contributed by atoms with E-state index in [2.05, 4.69) is 18.7 Å². The molecule has 2 aromatic rings. The summed E-state index contributed by atoms with van der Waals surface area (Å²) in [6, 6.07) is 12.6. The van der Waals surface area contributed by atoms with Crippen molar-refractivity contribution in [3.05, 3.63) is 71.6 Å². The summed E-state index contributed by atoms with van der Waals surface area (Å²) >= 11 is 0. The molecule has 112 valence electrons. The summed E-state index contributed by atoms with van der Waals surface area (Å²) in [5.74, 6) is -0.576. The molecule has 0 aliphatic heterocycles. The number of benzene rings is 2. The lowest BCUT2D eigenvalue weighted by atomic mass is 10.0. The monoisotopic (exact) mass is 296 g/mol. The second kappa shape index (κ2) is 5.76. The summed E-state index contributed by atoms with van der Waals surface area (Å²) in [6.45, 7) is 5.25. The average Bonchev–Trinajstić information content (AvgIpc) is 2.89. The van der Waals surface area contributed by atoms with Gasteiger partial charge in [-0.1, -0.05) is 36.9 Å². The van der Waals surface area contributed by atoms with Crippen LogP contribution < -0.4 is 0 Å². The number of fused-ring (bicyclic) bond motifs is 1. The van der Waals surface area contributed by atoms with Gasteiger partial charge in [0.15, 0.2) is 0 Å². The Morgan fingerprint density at radius 1 is 1.09 bits per heavy atom. The average molecular weight is 296 g/mol. The highest BCUT2D eigenvalue weighted by molar-refractivity contribution is 5.87. The Labute approximate surface area is 129 Å². The molecule has 0 bridgehead atoms. The number of carbonyl (C=O) groups excluding carboxylic acids is 1. The fourth-order valence-corrected chi connectivity index (χ4v) is 2.74. The SMILES string of the molecule is C=C(C)C(=O)OC1Cc2ccc(-c3ccc(F)cc3)cc2C1. The van der Waals surface area contributed by atoms with E-state index in [0.29, 0.717) is 12.0 Å². The van der Waals surface area contributed by atoms with E-state index in [-0.39, 0.29) is 17.9 Å². The van der Waals surface area contributed by atoms with Crippen molar-refractivity contribution in [2.24, 2.45) is 0 Å². The topological polar surface area (TPSA) is 26.3 Å². The Bertz CT molecular complexity index is 732. The van der Waals surface area contributed by atoms with Gasteiger partial charge < -0.3 is 4.74 Å². The van der Waals surface area contributed by atoms with E-state index in [4.69, 9.17) is 4.74 Å². The summed E-state index contributed by atoms with van der Waals surface area (Å²) in [7, 11) is 0. The van der Waals surface area contributed by atoms with Crippen LogP contribution in [0.1, 0.15) is 18.1 Å². The highest BCUT2D eigenvalue weighted by Crippen LogP contribution is 2.29. The molecule has 1 atom stereocenters. The van der Waals surface area contributed by atoms with Crippen LogP contribution in [0.4, 0.5) is 4.39 Å². The molecule has 1 aliphatic carbocycles. The van der Waals surface area contributed by atoms with Crippen molar-refractivity contribution in [3.63, 3.8) is 0 Å². The first-order valence-electron chi connectivity index (χ1n) is 7.27. The van der Waals surface area contributed by atoms with Crippen LogP contribution in [0.25, 0.3) is 11.1 Å². The number of carbonyl (C=O) groups is 1. The second-order valence-electron chi connectivity index (χ2n) is 5.71. The van der Waals surface area contributed by atoms with Gasteiger partial charge in [0.2, 0.25) is 0 Å². The Morgan fingerprint density at radius 2 is 1.73 bits per heavy atom. The molecule has 1 aliphatic rings. The minimum atomic E-state index is -0.337. The molecule has 0 aromatic heterocycles. The number of ether oxygens (including phenoxy) is 1. The van der Waals surface area contributed by atoms with Gasteiger partial charge in [0.1, 0.15) is 11.9 Å². The molecule has 22 heavy (non-hydrogen) atoms. The first-order chi connectivity index (χ1) is 10.5. The van der Waals surface area contributed by atoms with Gasteiger partial charge in [0.05, 0.1) is 0 Å². The lowest BCUT2D eigenvalue weighted by molar-refractivity contribution is -0.143. The van der Waals surface area contributed by atoms with Crippen molar-refractivity contribution in [2.75, 3.05) is 0 Å². The number of hydrogen-bond acceptors (Lipinski definition) is 2. The minimum absolute atomic E-state index is 0.123. The van der Waals surface area contributed by atoms with E-state index < -0.39 is 0 Å².